The number of piperazine rings is 1. The summed E-state index contributed by atoms with van der Waals surface area (Å²) >= 11 is 0. The highest BCUT2D eigenvalue weighted by Gasteiger charge is 2.28. The molecule has 0 bridgehead atoms. The van der Waals surface area contributed by atoms with Crippen molar-refractivity contribution in [3.63, 3.8) is 0 Å². The Morgan fingerprint density at radius 2 is 2.12 bits per heavy atom. The molecule has 7 nitrogen and oxygen atoms in total. The van der Waals surface area contributed by atoms with Crippen LogP contribution in [0, 0.1) is 0 Å². The van der Waals surface area contributed by atoms with Gasteiger partial charge >= 0.3 is 6.03 Å². The number of hydrogen-bond acceptors (Lipinski definition) is 4. The molecule has 1 saturated heterocycles. The van der Waals surface area contributed by atoms with E-state index in [1.165, 1.54) is 11.9 Å². The highest BCUT2D eigenvalue weighted by molar-refractivity contribution is 5.75. The summed E-state index contributed by atoms with van der Waals surface area (Å²) in [6.45, 7) is 8.17. The molecule has 1 fully saturated rings. The molecule has 2 atom stereocenters. The molecule has 134 valence electrons. The molecule has 2 heterocycles. The van der Waals surface area contributed by atoms with Crippen LogP contribution in [0.3, 0.4) is 0 Å². The van der Waals surface area contributed by atoms with E-state index in [9.17, 15) is 4.79 Å². The second-order valence-corrected chi connectivity index (χ2v) is 6.73. The van der Waals surface area contributed by atoms with Crippen molar-refractivity contribution in [1.82, 2.24) is 29.9 Å². The lowest BCUT2D eigenvalue weighted by molar-refractivity contribution is 0.0959. The van der Waals surface area contributed by atoms with Gasteiger partial charge in [-0.1, -0.05) is 30.3 Å². The third-order valence-corrected chi connectivity index (χ3v) is 4.52. The molecule has 0 aliphatic carbocycles. The van der Waals surface area contributed by atoms with Gasteiger partial charge in [0.05, 0.1) is 6.54 Å². The van der Waals surface area contributed by atoms with Gasteiger partial charge in [0.25, 0.3) is 0 Å². The topological polar surface area (TPSA) is 66.3 Å². The third-order valence-electron chi connectivity index (χ3n) is 4.52. The number of amides is 2. The van der Waals surface area contributed by atoms with Crippen molar-refractivity contribution < 1.29 is 4.79 Å². The maximum atomic E-state index is 12.6. The molecule has 1 aliphatic rings. The minimum Gasteiger partial charge on any atom is -0.334 e. The van der Waals surface area contributed by atoms with Crippen molar-refractivity contribution in [3.8, 4) is 0 Å². The number of urea groups is 1. The number of aromatic nitrogens is 3. The zero-order chi connectivity index (χ0) is 17.6. The standard InChI is InChI=1S/C18H26N6O/c1-15(10-23-14-19-13-20-23)21-18(25)24-9-8-22(11-16(24)2)12-17-6-4-3-5-7-17/h3-7,13-16H,8-12H2,1-2H3,(H,21,25)/t15-,16+/m0/s1. The number of benzene rings is 1. The Balaban J connectivity index is 1.48. The molecule has 1 aromatic heterocycles. The monoisotopic (exact) mass is 342 g/mol. The zero-order valence-corrected chi connectivity index (χ0v) is 14.9. The minimum atomic E-state index is -0.000485. The van der Waals surface area contributed by atoms with Gasteiger partial charge < -0.3 is 10.2 Å². The molecule has 0 spiro atoms. The van der Waals surface area contributed by atoms with Gasteiger partial charge in [0.1, 0.15) is 12.7 Å². The van der Waals surface area contributed by atoms with E-state index in [1.54, 1.807) is 11.0 Å². The van der Waals surface area contributed by atoms with Crippen molar-refractivity contribution >= 4 is 6.03 Å². The lowest BCUT2D eigenvalue weighted by Gasteiger charge is -2.40. The van der Waals surface area contributed by atoms with E-state index in [0.717, 1.165) is 26.2 Å². The van der Waals surface area contributed by atoms with Crippen LogP contribution >= 0.6 is 0 Å². The van der Waals surface area contributed by atoms with Crippen LogP contribution in [0.2, 0.25) is 0 Å². The molecule has 1 N–H and O–H groups in total. The summed E-state index contributed by atoms with van der Waals surface area (Å²) in [5, 5.41) is 7.14. The maximum absolute atomic E-state index is 12.6. The molecule has 1 aromatic carbocycles. The molecular weight excluding hydrogens is 316 g/mol. The summed E-state index contributed by atoms with van der Waals surface area (Å²) in [7, 11) is 0. The number of carbonyl (C=O) groups excluding carboxylic acids is 1. The van der Waals surface area contributed by atoms with Crippen LogP contribution in [0.5, 0.6) is 0 Å². The van der Waals surface area contributed by atoms with E-state index in [-0.39, 0.29) is 18.1 Å². The van der Waals surface area contributed by atoms with Crippen LogP contribution in [0.15, 0.2) is 43.0 Å². The first-order valence-corrected chi connectivity index (χ1v) is 8.77. The van der Waals surface area contributed by atoms with Gasteiger partial charge in [-0.2, -0.15) is 5.10 Å². The molecular formula is C18H26N6O. The molecule has 2 amide bonds. The first-order valence-electron chi connectivity index (χ1n) is 8.77. The molecule has 0 radical (unpaired) electrons. The molecule has 7 heteroatoms. The highest BCUT2D eigenvalue weighted by Crippen LogP contribution is 2.13. The van der Waals surface area contributed by atoms with E-state index >= 15 is 0 Å². The average Bonchev–Trinajstić information content (AvgIpc) is 3.08. The van der Waals surface area contributed by atoms with Crippen LogP contribution in [-0.2, 0) is 13.1 Å². The summed E-state index contributed by atoms with van der Waals surface area (Å²) < 4.78 is 1.73. The number of rotatable bonds is 5. The van der Waals surface area contributed by atoms with Gasteiger partial charge in [-0.15, -0.1) is 0 Å². The number of hydrogen-bond donors (Lipinski definition) is 1. The quantitative estimate of drug-likeness (QED) is 0.896. The van der Waals surface area contributed by atoms with Crippen molar-refractivity contribution in [3.05, 3.63) is 48.5 Å². The fourth-order valence-corrected chi connectivity index (χ4v) is 3.27. The lowest BCUT2D eigenvalue weighted by atomic mass is 10.1. The number of nitrogens with zero attached hydrogens (tertiary/aromatic N) is 5. The molecule has 0 unspecified atom stereocenters. The molecule has 0 saturated carbocycles. The second-order valence-electron chi connectivity index (χ2n) is 6.73. The van der Waals surface area contributed by atoms with E-state index in [1.807, 2.05) is 17.9 Å². The third kappa shape index (κ3) is 4.79. The van der Waals surface area contributed by atoms with Crippen molar-refractivity contribution in [2.75, 3.05) is 19.6 Å². The average molecular weight is 342 g/mol. The van der Waals surface area contributed by atoms with Gasteiger partial charge in [-0.05, 0) is 19.4 Å². The first-order chi connectivity index (χ1) is 12.1. The van der Waals surface area contributed by atoms with E-state index in [2.05, 4.69) is 51.5 Å². The Hall–Kier alpha value is -2.41. The number of carbonyl (C=O) groups is 1. The van der Waals surface area contributed by atoms with Gasteiger partial charge in [-0.3, -0.25) is 9.58 Å². The summed E-state index contributed by atoms with van der Waals surface area (Å²) in [6.07, 6.45) is 3.16. The van der Waals surface area contributed by atoms with Crippen molar-refractivity contribution in [2.45, 2.75) is 39.0 Å². The molecule has 25 heavy (non-hydrogen) atoms. The maximum Gasteiger partial charge on any atom is 0.317 e. The van der Waals surface area contributed by atoms with Crippen molar-refractivity contribution in [1.29, 1.82) is 0 Å². The first kappa shape index (κ1) is 17.4. The predicted octanol–water partition coefficient (Wildman–Crippen LogP) is 1.58. The summed E-state index contributed by atoms with van der Waals surface area (Å²) in [5.74, 6) is 0. The summed E-state index contributed by atoms with van der Waals surface area (Å²) in [4.78, 5) is 20.8. The highest BCUT2D eigenvalue weighted by atomic mass is 16.2. The van der Waals surface area contributed by atoms with Crippen LogP contribution in [0.1, 0.15) is 19.4 Å². The van der Waals surface area contributed by atoms with Gasteiger partial charge in [-0.25, -0.2) is 9.78 Å². The molecule has 2 aromatic rings. The molecule has 1 aliphatic heterocycles. The Morgan fingerprint density at radius 3 is 2.80 bits per heavy atom. The SMILES string of the molecule is C[C@@H]1CN(Cc2ccccc2)CCN1C(=O)N[C@@H](C)Cn1cncn1. The largest absolute Gasteiger partial charge is 0.334 e. The van der Waals surface area contributed by atoms with E-state index in [0.29, 0.717) is 6.54 Å². The second kappa shape index (κ2) is 8.11. The zero-order valence-electron chi connectivity index (χ0n) is 14.9. The normalized spacial score (nSPS) is 19.6. The fourth-order valence-electron chi connectivity index (χ4n) is 3.27. The fraction of sp³-hybridized carbons (Fsp3) is 0.500. The van der Waals surface area contributed by atoms with Crippen LogP contribution in [-0.4, -0.2) is 62.3 Å². The van der Waals surface area contributed by atoms with Gasteiger partial charge in [0.15, 0.2) is 0 Å². The Morgan fingerprint density at radius 1 is 1.32 bits per heavy atom. The Kier molecular flexibility index (Phi) is 5.65. The van der Waals surface area contributed by atoms with E-state index in [4.69, 9.17) is 0 Å². The van der Waals surface area contributed by atoms with E-state index < -0.39 is 0 Å². The van der Waals surface area contributed by atoms with Crippen LogP contribution in [0.25, 0.3) is 0 Å². The summed E-state index contributed by atoms with van der Waals surface area (Å²) in [6, 6.07) is 10.7. The minimum absolute atomic E-state index is 0.000485. The lowest BCUT2D eigenvalue weighted by Crippen LogP contribution is -2.57. The predicted molar refractivity (Wildman–Crippen MR) is 95.9 cm³/mol. The summed E-state index contributed by atoms with van der Waals surface area (Å²) in [5.41, 5.74) is 1.31. The number of nitrogens with one attached hydrogen (secondary N) is 1. The van der Waals surface area contributed by atoms with Crippen LogP contribution < -0.4 is 5.32 Å². The smallest absolute Gasteiger partial charge is 0.317 e. The Labute approximate surface area is 148 Å². The Bertz CT molecular complexity index is 659. The molecule has 3 rings (SSSR count). The van der Waals surface area contributed by atoms with Crippen LogP contribution in [0.4, 0.5) is 4.79 Å². The van der Waals surface area contributed by atoms with Gasteiger partial charge in [0.2, 0.25) is 0 Å². The van der Waals surface area contributed by atoms with Gasteiger partial charge in [0, 0.05) is 38.3 Å². The van der Waals surface area contributed by atoms with Crippen molar-refractivity contribution in [2.24, 2.45) is 0 Å².